The summed E-state index contributed by atoms with van der Waals surface area (Å²) in [7, 11) is 0. The van der Waals surface area contributed by atoms with Crippen molar-refractivity contribution < 1.29 is 19.6 Å². The number of benzene rings is 1. The van der Waals surface area contributed by atoms with E-state index in [1.807, 2.05) is 0 Å². The third-order valence-corrected chi connectivity index (χ3v) is 4.47. The molecule has 0 radical (unpaired) electrons. The first-order valence-corrected chi connectivity index (χ1v) is 7.15. The van der Waals surface area contributed by atoms with Gasteiger partial charge in [-0.15, -0.1) is 0 Å². The van der Waals surface area contributed by atoms with Crippen LogP contribution in [0.3, 0.4) is 0 Å². The van der Waals surface area contributed by atoms with Crippen LogP contribution in [0, 0.1) is 10.1 Å². The lowest BCUT2D eigenvalue weighted by Gasteiger charge is -2.25. The molecule has 2 N–H and O–H groups in total. The lowest BCUT2D eigenvalue weighted by molar-refractivity contribution is -0.385. The number of carboxylic acid groups (broad SMARTS) is 1. The smallest absolute Gasteiger partial charge is 0.329 e. The second kappa shape index (κ2) is 5.80. The van der Waals surface area contributed by atoms with E-state index >= 15 is 0 Å². The van der Waals surface area contributed by atoms with Crippen LogP contribution in [0.1, 0.15) is 36.0 Å². The Morgan fingerprint density at radius 3 is 2.48 bits per heavy atom. The van der Waals surface area contributed by atoms with Gasteiger partial charge in [0.25, 0.3) is 11.6 Å². The van der Waals surface area contributed by atoms with Gasteiger partial charge in [0.05, 0.1) is 10.5 Å². The molecule has 1 aromatic rings. The quantitative estimate of drug-likeness (QED) is 0.636. The minimum atomic E-state index is -1.28. The molecule has 0 aromatic heterocycles. The van der Waals surface area contributed by atoms with Gasteiger partial charge in [0.15, 0.2) is 0 Å². The van der Waals surface area contributed by atoms with Gasteiger partial charge >= 0.3 is 5.97 Å². The molecule has 0 aliphatic heterocycles. The molecule has 0 heterocycles. The lowest BCUT2D eigenvalue weighted by Crippen LogP contribution is -2.52. The number of carboxylic acids is 1. The summed E-state index contributed by atoms with van der Waals surface area (Å²) in [6.07, 6.45) is 2.17. The molecule has 2 rings (SSSR count). The number of hydrogen-bond donors (Lipinski definition) is 2. The number of rotatable bonds is 4. The first-order valence-electron chi connectivity index (χ1n) is 6.36. The molecule has 7 nitrogen and oxygen atoms in total. The average Bonchev–Trinajstić information content (AvgIpc) is 2.88. The van der Waals surface area contributed by atoms with Crippen molar-refractivity contribution in [2.75, 3.05) is 0 Å². The minimum absolute atomic E-state index is 0.0473. The second-order valence-electron chi connectivity index (χ2n) is 4.94. The van der Waals surface area contributed by atoms with Gasteiger partial charge in [-0.05, 0) is 34.8 Å². The van der Waals surface area contributed by atoms with Gasteiger partial charge in [0.1, 0.15) is 10.0 Å². The van der Waals surface area contributed by atoms with Crippen molar-refractivity contribution in [1.82, 2.24) is 5.32 Å². The van der Waals surface area contributed by atoms with Crippen molar-refractivity contribution in [3.05, 3.63) is 38.3 Å². The first kappa shape index (κ1) is 15.4. The second-order valence-corrected chi connectivity index (χ2v) is 5.74. The van der Waals surface area contributed by atoms with E-state index in [1.54, 1.807) is 0 Å². The van der Waals surface area contributed by atoms with Crippen LogP contribution in [-0.4, -0.2) is 27.4 Å². The van der Waals surface area contributed by atoms with Crippen LogP contribution in [-0.2, 0) is 4.79 Å². The molecular formula is C13H13BrN2O5. The Balaban J connectivity index is 2.31. The van der Waals surface area contributed by atoms with E-state index in [4.69, 9.17) is 0 Å². The van der Waals surface area contributed by atoms with Crippen molar-refractivity contribution in [2.24, 2.45) is 0 Å². The van der Waals surface area contributed by atoms with Gasteiger partial charge in [0.2, 0.25) is 0 Å². The lowest BCUT2D eigenvalue weighted by atomic mass is 9.97. The van der Waals surface area contributed by atoms with E-state index in [9.17, 15) is 24.8 Å². The maximum absolute atomic E-state index is 12.3. The number of carbonyl (C=O) groups is 2. The molecule has 1 aliphatic rings. The highest BCUT2D eigenvalue weighted by Crippen LogP contribution is 2.32. The molecule has 1 saturated carbocycles. The molecule has 0 atom stereocenters. The van der Waals surface area contributed by atoms with Crippen LogP contribution in [0.4, 0.5) is 5.69 Å². The van der Waals surface area contributed by atoms with Crippen molar-refractivity contribution in [2.45, 2.75) is 31.2 Å². The summed E-state index contributed by atoms with van der Waals surface area (Å²) in [5, 5.41) is 22.7. The number of aliphatic carboxylic acids is 1. The summed E-state index contributed by atoms with van der Waals surface area (Å²) in [5.41, 5.74) is -1.46. The fourth-order valence-corrected chi connectivity index (χ4v) is 3.08. The van der Waals surface area contributed by atoms with Gasteiger partial charge in [0, 0.05) is 6.07 Å². The third-order valence-electron chi connectivity index (χ3n) is 3.64. The normalized spacial score (nSPS) is 16.4. The molecule has 1 fully saturated rings. The number of nitrogens with zero attached hydrogens (tertiary/aromatic N) is 1. The number of hydrogen-bond acceptors (Lipinski definition) is 4. The summed E-state index contributed by atoms with van der Waals surface area (Å²) in [5.74, 6) is -1.70. The fourth-order valence-electron chi connectivity index (χ4n) is 2.49. The van der Waals surface area contributed by atoms with Gasteiger partial charge in [-0.3, -0.25) is 14.9 Å². The Kier molecular flexibility index (Phi) is 4.26. The van der Waals surface area contributed by atoms with Crippen LogP contribution in [0.5, 0.6) is 0 Å². The minimum Gasteiger partial charge on any atom is -0.480 e. The monoisotopic (exact) mass is 356 g/mol. The molecule has 112 valence electrons. The molecule has 1 aliphatic carbocycles. The molecule has 8 heteroatoms. The van der Waals surface area contributed by atoms with Crippen molar-refractivity contribution in [3.63, 3.8) is 0 Å². The predicted molar refractivity (Wildman–Crippen MR) is 77.1 cm³/mol. The summed E-state index contributed by atoms with van der Waals surface area (Å²) in [4.78, 5) is 33.9. The maximum Gasteiger partial charge on any atom is 0.329 e. The number of nitro groups is 1. The zero-order chi connectivity index (χ0) is 15.6. The van der Waals surface area contributed by atoms with E-state index in [0.29, 0.717) is 12.8 Å². The van der Waals surface area contributed by atoms with Gasteiger partial charge < -0.3 is 10.4 Å². The fraction of sp³-hybridized carbons (Fsp3) is 0.385. The standard InChI is InChI=1S/C13H13BrN2O5/c14-10-8(4-3-5-9(10)16(20)21)11(17)15-13(12(18)19)6-1-2-7-13/h3-5H,1-2,6-7H2,(H,15,17)(H,18,19). The number of nitro benzene ring substituents is 1. The highest BCUT2D eigenvalue weighted by molar-refractivity contribution is 9.10. The number of amides is 1. The van der Waals surface area contributed by atoms with Crippen LogP contribution < -0.4 is 5.32 Å². The average molecular weight is 357 g/mol. The SMILES string of the molecule is O=C(NC1(C(=O)O)CCCC1)c1cccc([N+](=O)[O-])c1Br. The van der Waals surface area contributed by atoms with Crippen LogP contribution in [0.25, 0.3) is 0 Å². The Morgan fingerprint density at radius 1 is 1.33 bits per heavy atom. The zero-order valence-corrected chi connectivity index (χ0v) is 12.6. The predicted octanol–water partition coefficient (Wildman–Crippen LogP) is 2.48. The van der Waals surface area contributed by atoms with Crippen LogP contribution in [0.2, 0.25) is 0 Å². The van der Waals surface area contributed by atoms with E-state index in [1.165, 1.54) is 18.2 Å². The Morgan fingerprint density at radius 2 is 1.95 bits per heavy atom. The Bertz CT molecular complexity index is 611. The maximum atomic E-state index is 12.3. The van der Waals surface area contributed by atoms with Gasteiger partial charge in [-0.1, -0.05) is 18.9 Å². The molecule has 0 unspecified atom stereocenters. The van der Waals surface area contributed by atoms with E-state index < -0.39 is 22.3 Å². The Hall–Kier alpha value is -1.96. The topological polar surface area (TPSA) is 110 Å². The van der Waals surface area contributed by atoms with E-state index in [-0.39, 0.29) is 15.7 Å². The summed E-state index contributed by atoms with van der Waals surface area (Å²) in [6, 6.07) is 4.07. The van der Waals surface area contributed by atoms with E-state index in [0.717, 1.165) is 12.8 Å². The Labute approximate surface area is 128 Å². The molecule has 21 heavy (non-hydrogen) atoms. The summed E-state index contributed by atoms with van der Waals surface area (Å²) >= 11 is 3.04. The third kappa shape index (κ3) is 2.90. The number of carbonyl (C=O) groups excluding carboxylic acids is 1. The highest BCUT2D eigenvalue weighted by atomic mass is 79.9. The number of halogens is 1. The zero-order valence-electron chi connectivity index (χ0n) is 11.0. The van der Waals surface area contributed by atoms with E-state index in [2.05, 4.69) is 21.2 Å². The summed E-state index contributed by atoms with van der Waals surface area (Å²) in [6.45, 7) is 0. The highest BCUT2D eigenvalue weighted by Gasteiger charge is 2.43. The molecule has 0 spiro atoms. The van der Waals surface area contributed by atoms with Gasteiger partial charge in [-0.25, -0.2) is 4.79 Å². The molecular weight excluding hydrogens is 344 g/mol. The molecule has 0 bridgehead atoms. The van der Waals surface area contributed by atoms with Crippen molar-refractivity contribution in [1.29, 1.82) is 0 Å². The van der Waals surface area contributed by atoms with Crippen molar-refractivity contribution >= 4 is 33.5 Å². The largest absolute Gasteiger partial charge is 0.480 e. The van der Waals surface area contributed by atoms with Crippen LogP contribution >= 0.6 is 15.9 Å². The van der Waals surface area contributed by atoms with Crippen LogP contribution in [0.15, 0.2) is 22.7 Å². The molecule has 1 aromatic carbocycles. The van der Waals surface area contributed by atoms with Crippen molar-refractivity contribution in [3.8, 4) is 0 Å². The molecule has 0 saturated heterocycles. The summed E-state index contributed by atoms with van der Waals surface area (Å²) < 4.78 is 0.0473. The van der Waals surface area contributed by atoms with Gasteiger partial charge in [-0.2, -0.15) is 0 Å². The molecule has 1 amide bonds. The number of nitrogens with one attached hydrogen (secondary N) is 1. The first-order chi connectivity index (χ1) is 9.87.